The summed E-state index contributed by atoms with van der Waals surface area (Å²) in [5.74, 6) is -0.826. The Bertz CT molecular complexity index is 1020. The van der Waals surface area contributed by atoms with Crippen molar-refractivity contribution in [3.8, 4) is 0 Å². The third-order valence-corrected chi connectivity index (χ3v) is 8.70. The Labute approximate surface area is 232 Å². The largest absolute Gasteiger partial charge is 0.441 e. The number of nitrogens with one attached hydrogen (secondary N) is 1. The van der Waals surface area contributed by atoms with Crippen molar-refractivity contribution in [2.75, 3.05) is 26.2 Å². The van der Waals surface area contributed by atoms with Crippen LogP contribution in [0.4, 0.5) is 4.79 Å². The van der Waals surface area contributed by atoms with Gasteiger partial charge in [-0.2, -0.15) is 0 Å². The molecule has 11 heteroatoms. The van der Waals surface area contributed by atoms with Crippen LogP contribution in [0.2, 0.25) is 0 Å². The molecule has 1 aromatic rings. The van der Waals surface area contributed by atoms with E-state index >= 15 is 0 Å². The number of likely N-dealkylation sites (tertiary alicyclic amines) is 1. The van der Waals surface area contributed by atoms with E-state index in [0.717, 1.165) is 51.6 Å². The number of ether oxygens (including phenoxy) is 5. The Morgan fingerprint density at radius 2 is 1.79 bits per heavy atom. The van der Waals surface area contributed by atoms with Gasteiger partial charge in [0.15, 0.2) is 12.1 Å². The van der Waals surface area contributed by atoms with E-state index in [9.17, 15) is 13.2 Å². The molecule has 3 saturated heterocycles. The van der Waals surface area contributed by atoms with Gasteiger partial charge < -0.3 is 23.7 Å². The maximum atomic E-state index is 13.0. The van der Waals surface area contributed by atoms with Crippen molar-refractivity contribution in [2.24, 2.45) is 0 Å². The summed E-state index contributed by atoms with van der Waals surface area (Å²) in [5, 5.41) is 0. The molecule has 3 aliphatic rings. The van der Waals surface area contributed by atoms with Gasteiger partial charge in [0.05, 0.1) is 4.90 Å². The topological polar surface area (TPSA) is 113 Å². The summed E-state index contributed by atoms with van der Waals surface area (Å²) in [5.41, 5.74) is 0. The van der Waals surface area contributed by atoms with Gasteiger partial charge in [-0.3, -0.25) is 4.90 Å². The van der Waals surface area contributed by atoms with Gasteiger partial charge in [-0.05, 0) is 58.3 Å². The lowest BCUT2D eigenvalue weighted by molar-refractivity contribution is -0.230. The van der Waals surface area contributed by atoms with Crippen LogP contribution in [0.1, 0.15) is 72.1 Å². The molecular weight excluding hydrogens is 524 g/mol. The van der Waals surface area contributed by atoms with Gasteiger partial charge in [0, 0.05) is 13.2 Å². The summed E-state index contributed by atoms with van der Waals surface area (Å²) in [4.78, 5) is 15.2. The molecule has 3 aliphatic heterocycles. The monoisotopic (exact) mass is 568 g/mol. The first-order valence-electron chi connectivity index (χ1n) is 14.3. The number of amides is 1. The van der Waals surface area contributed by atoms with E-state index < -0.39 is 52.6 Å². The number of rotatable bonds is 13. The molecule has 0 saturated carbocycles. The molecule has 1 unspecified atom stereocenters. The predicted molar refractivity (Wildman–Crippen MR) is 145 cm³/mol. The maximum absolute atomic E-state index is 13.0. The van der Waals surface area contributed by atoms with E-state index in [-0.39, 0.29) is 4.90 Å². The minimum atomic E-state index is -4.09. The third-order valence-electron chi connectivity index (χ3n) is 7.37. The highest BCUT2D eigenvalue weighted by molar-refractivity contribution is 7.90. The first-order chi connectivity index (χ1) is 18.7. The summed E-state index contributed by atoms with van der Waals surface area (Å²) in [6.45, 7) is 8.48. The lowest BCUT2D eigenvalue weighted by Crippen LogP contribution is -2.51. The van der Waals surface area contributed by atoms with Crippen LogP contribution in [-0.2, 0) is 33.7 Å². The van der Waals surface area contributed by atoms with Crippen LogP contribution in [0.25, 0.3) is 0 Å². The van der Waals surface area contributed by atoms with Gasteiger partial charge in [-0.25, -0.2) is 17.9 Å². The SMILES string of the molecule is CCCCCCCO[C@@H]1[C@H]2OC(C)(C)O[C@H]2O[C@@H]1C(CN1CCCCC1)OC(=O)NS(=O)(=O)c1ccccc1. The van der Waals surface area contributed by atoms with Crippen molar-refractivity contribution in [1.29, 1.82) is 0 Å². The van der Waals surface area contributed by atoms with Crippen molar-refractivity contribution in [3.63, 3.8) is 0 Å². The molecule has 220 valence electrons. The predicted octanol–water partition coefficient (Wildman–Crippen LogP) is 4.19. The van der Waals surface area contributed by atoms with E-state index in [1.54, 1.807) is 18.2 Å². The lowest BCUT2D eigenvalue weighted by atomic mass is 10.0. The minimum Gasteiger partial charge on any atom is -0.441 e. The Morgan fingerprint density at radius 1 is 1.08 bits per heavy atom. The van der Waals surface area contributed by atoms with Crippen molar-refractivity contribution >= 4 is 16.1 Å². The second kappa shape index (κ2) is 13.7. The number of hydrogen-bond donors (Lipinski definition) is 1. The Morgan fingerprint density at radius 3 is 2.51 bits per heavy atom. The minimum absolute atomic E-state index is 0.0190. The van der Waals surface area contributed by atoms with Gasteiger partial charge in [0.25, 0.3) is 10.0 Å². The lowest BCUT2D eigenvalue weighted by Gasteiger charge is -2.35. The van der Waals surface area contributed by atoms with Crippen LogP contribution in [0, 0.1) is 0 Å². The molecule has 3 fully saturated rings. The van der Waals surface area contributed by atoms with Crippen LogP contribution in [0.3, 0.4) is 0 Å². The zero-order chi connectivity index (χ0) is 27.9. The molecule has 0 aliphatic carbocycles. The van der Waals surface area contributed by atoms with E-state index in [1.165, 1.54) is 25.0 Å². The average Bonchev–Trinajstić information content (AvgIpc) is 3.38. The third kappa shape index (κ3) is 8.37. The van der Waals surface area contributed by atoms with E-state index in [4.69, 9.17) is 23.7 Å². The van der Waals surface area contributed by atoms with E-state index in [1.807, 2.05) is 18.6 Å². The van der Waals surface area contributed by atoms with Crippen LogP contribution < -0.4 is 4.72 Å². The van der Waals surface area contributed by atoms with E-state index in [2.05, 4.69) is 11.8 Å². The van der Waals surface area contributed by atoms with Crippen molar-refractivity contribution < 1.29 is 36.9 Å². The first kappa shape index (κ1) is 30.2. The molecule has 4 rings (SSSR count). The van der Waals surface area contributed by atoms with Gasteiger partial charge in [0.2, 0.25) is 0 Å². The number of unbranched alkanes of at least 4 members (excludes halogenated alkanes) is 4. The first-order valence-corrected chi connectivity index (χ1v) is 15.8. The summed E-state index contributed by atoms with van der Waals surface area (Å²) in [7, 11) is -4.09. The van der Waals surface area contributed by atoms with Crippen LogP contribution in [0.5, 0.6) is 0 Å². The molecule has 0 bridgehead atoms. The number of fused-ring (bicyclic) bond motifs is 1. The van der Waals surface area contributed by atoms with Crippen molar-refractivity contribution in [2.45, 2.75) is 114 Å². The maximum Gasteiger partial charge on any atom is 0.421 e. The molecule has 39 heavy (non-hydrogen) atoms. The molecule has 0 radical (unpaired) electrons. The number of hydrogen-bond acceptors (Lipinski definition) is 9. The summed E-state index contributed by atoms with van der Waals surface area (Å²) in [6, 6.07) is 7.73. The van der Waals surface area contributed by atoms with Crippen LogP contribution in [0.15, 0.2) is 35.2 Å². The fourth-order valence-corrected chi connectivity index (χ4v) is 6.35. The van der Waals surface area contributed by atoms with Crippen molar-refractivity contribution in [3.05, 3.63) is 30.3 Å². The Kier molecular flexibility index (Phi) is 10.6. The zero-order valence-electron chi connectivity index (χ0n) is 23.4. The highest BCUT2D eigenvalue weighted by Gasteiger charge is 2.58. The summed E-state index contributed by atoms with van der Waals surface area (Å²) in [6.07, 6.45) is 4.53. The normalized spacial score (nSPS) is 27.7. The molecule has 1 N–H and O–H groups in total. The number of nitrogens with zero attached hydrogens (tertiary/aromatic N) is 1. The zero-order valence-corrected chi connectivity index (χ0v) is 24.2. The Hall–Kier alpha value is -1.76. The van der Waals surface area contributed by atoms with Crippen LogP contribution >= 0.6 is 0 Å². The fraction of sp³-hybridized carbons (Fsp3) is 0.750. The fourth-order valence-electron chi connectivity index (χ4n) is 5.45. The summed E-state index contributed by atoms with van der Waals surface area (Å²) < 4.78 is 58.2. The van der Waals surface area contributed by atoms with Gasteiger partial charge in [-0.1, -0.05) is 57.2 Å². The molecule has 3 heterocycles. The highest BCUT2D eigenvalue weighted by Crippen LogP contribution is 2.40. The standard InChI is InChI=1S/C28H44N2O8S/c1-4-5-6-7-14-19-34-24-23(36-26-25(24)37-28(2,3)38-26)22(20-30-17-12-9-13-18-30)35-27(31)29-39(32,33)21-15-10-8-11-16-21/h8,10-11,15-16,22-26H,4-7,9,12-14,17-20H2,1-3H3,(H,29,31)/t22?,23-,24+,25-,26-/m1/s1. The molecular formula is C28H44N2O8S. The second-order valence-electron chi connectivity index (χ2n) is 11.0. The molecule has 5 atom stereocenters. The molecule has 10 nitrogen and oxygen atoms in total. The second-order valence-corrected chi connectivity index (χ2v) is 12.7. The van der Waals surface area contributed by atoms with E-state index in [0.29, 0.717) is 13.2 Å². The number of benzene rings is 1. The van der Waals surface area contributed by atoms with Gasteiger partial charge >= 0.3 is 6.09 Å². The molecule has 1 aromatic carbocycles. The van der Waals surface area contributed by atoms with Crippen LogP contribution in [-0.4, -0.2) is 82.1 Å². The molecule has 0 spiro atoms. The highest BCUT2D eigenvalue weighted by atomic mass is 32.2. The Balaban J connectivity index is 1.48. The van der Waals surface area contributed by atoms with Gasteiger partial charge in [0.1, 0.15) is 24.4 Å². The molecule has 1 amide bonds. The number of carbonyl (C=O) groups is 1. The number of carbonyl (C=O) groups excluding carboxylic acids is 1. The number of sulfonamides is 1. The molecule has 0 aromatic heterocycles. The van der Waals surface area contributed by atoms with Gasteiger partial charge in [-0.15, -0.1) is 0 Å². The van der Waals surface area contributed by atoms with Crippen molar-refractivity contribution in [1.82, 2.24) is 9.62 Å². The average molecular weight is 569 g/mol. The number of piperidine rings is 1. The smallest absolute Gasteiger partial charge is 0.421 e. The quantitative estimate of drug-likeness (QED) is 0.350. The summed E-state index contributed by atoms with van der Waals surface area (Å²) >= 11 is 0.